The van der Waals surface area contributed by atoms with Gasteiger partial charge in [0, 0.05) is 47.5 Å². The minimum Gasteiger partial charge on any atom is -0.459 e. The smallest absolute Gasteiger partial charge is 0.386 e. The summed E-state index contributed by atoms with van der Waals surface area (Å²) in [6, 6.07) is 32.2. The van der Waals surface area contributed by atoms with E-state index in [4.69, 9.17) is 58.1 Å². The Balaban J connectivity index is 0.000000203. The Kier molecular flexibility index (Phi) is 27.0. The highest BCUT2D eigenvalue weighted by Crippen LogP contribution is 2.70. The topological polar surface area (TPSA) is 288 Å². The van der Waals surface area contributed by atoms with Gasteiger partial charge in [0.05, 0.1) is 35.0 Å². The lowest BCUT2D eigenvalue weighted by Gasteiger charge is -2.57. The molecule has 98 heavy (non-hydrogen) atoms. The van der Waals surface area contributed by atoms with Crippen molar-refractivity contribution in [1.29, 1.82) is 0 Å². The van der Waals surface area contributed by atoms with Crippen LogP contribution >= 0.6 is 0 Å². The number of carbonyl (C=O) groups excluding carboxylic acids is 5. The molecule has 16 nitrogen and oxygen atoms in total. The van der Waals surface area contributed by atoms with E-state index < -0.39 is 18.1 Å². The van der Waals surface area contributed by atoms with Crippen LogP contribution in [-0.2, 0) is 23.7 Å². The van der Waals surface area contributed by atoms with Gasteiger partial charge in [-0.1, -0.05) is 113 Å². The van der Waals surface area contributed by atoms with Gasteiger partial charge in [0.15, 0.2) is 0 Å². The molecule has 0 aliphatic heterocycles. The van der Waals surface area contributed by atoms with Crippen molar-refractivity contribution >= 4 is 64.0 Å². The van der Waals surface area contributed by atoms with Gasteiger partial charge in [0.25, 0.3) is 0 Å². The molecular weight excluding hydrogens is 1260 g/mol. The van der Waals surface area contributed by atoms with Crippen molar-refractivity contribution in [1.82, 2.24) is 0 Å². The maximum Gasteiger partial charge on any atom is 0.386 e. The van der Waals surface area contributed by atoms with Crippen LogP contribution in [0.1, 0.15) is 197 Å². The molecule has 0 bridgehead atoms. The zero-order chi connectivity index (χ0) is 71.6. The molecule has 12 N–H and O–H groups in total. The molecule has 5 aromatic carbocycles. The van der Waals surface area contributed by atoms with Crippen LogP contribution in [0.2, 0.25) is 0 Å². The van der Waals surface area contributed by atoms with Crippen LogP contribution in [-0.4, -0.2) is 73.7 Å². The van der Waals surface area contributed by atoms with E-state index in [1.165, 1.54) is 37.7 Å². The molecule has 5 aromatic rings. The lowest BCUT2D eigenvalue weighted by Crippen LogP contribution is -2.49. The number of hydrogen-bond acceptors (Lipinski definition) is 16. The van der Waals surface area contributed by atoms with E-state index in [-0.39, 0.29) is 60.8 Å². The molecule has 0 amide bonds. The summed E-state index contributed by atoms with van der Waals surface area (Å²) in [6.07, 6.45) is 18.4. The summed E-state index contributed by atoms with van der Waals surface area (Å²) >= 11 is 0. The lowest BCUT2D eigenvalue weighted by molar-refractivity contribution is -0.110. The van der Waals surface area contributed by atoms with E-state index in [2.05, 4.69) is 65.8 Å². The Morgan fingerprint density at radius 2 is 0.857 bits per heavy atom. The molecule has 8 atom stereocenters. The first kappa shape index (κ1) is 76.6. The molecule has 530 valence electrons. The number of fused-ring (bicyclic) bond motifs is 5. The number of benzene rings is 5. The molecule has 0 aromatic heterocycles. The van der Waals surface area contributed by atoms with Crippen LogP contribution in [0.15, 0.2) is 151 Å². The fourth-order valence-corrected chi connectivity index (χ4v) is 15.3. The van der Waals surface area contributed by atoms with Crippen LogP contribution in [0.3, 0.4) is 0 Å². The van der Waals surface area contributed by atoms with Crippen LogP contribution in [0.5, 0.6) is 0 Å². The van der Waals surface area contributed by atoms with E-state index >= 15 is 0 Å². The summed E-state index contributed by atoms with van der Waals surface area (Å²) in [5.41, 5.74) is 43.3. The van der Waals surface area contributed by atoms with Gasteiger partial charge < -0.3 is 58.1 Å². The number of nitrogen functional groups attached to an aromatic ring is 6. The fourth-order valence-electron chi connectivity index (χ4n) is 15.3. The molecular formula is C78H100F4N6O10. The highest BCUT2D eigenvalue weighted by molar-refractivity contribution is 5.94. The standard InChI is InChI=1S/C35H50N2O2.2C20H22N2O4.C2H3F3.CH3F/c1-21(2)8-7-9-22(3)30-13-15-35(6)31-11-10-24-19-28(39-33(38)25-17-26(36)20-27(37)18-25)16-23(4)32(24)29(31)12-14-34(30,35)5;2*21-15-10-14(11-16(22)12-15)20(24)26-18-8-6-17(7-9-18)25-19(23)13-4-2-1-3-5-13;1-2(3,4)5;1-2/h7,9-11,17-18,20-23,28-30,32H,8,12-16,19,36-37H2,1-6H3;2*1-5,10-12,17-18H,6-9,21-22H2;1H3;1H3/b9-7+;;;;. The average Bonchev–Trinajstić information content (AvgIpc) is 1.35. The SMILES string of the molecule is CC(C)C/C=C/C(C)C1CCC2(C)C3=CC=C4CC(OC(=O)c5cc(N)cc(N)c5)CC(C)C4C3CCC12C.CC(F)(F)F.CF.Nc1cc(N)cc(C(=O)OC2CCC(OC(=O)c3ccccc3)CC2)c1.Nc1cc(N)cc(C(=O)OC2CCC(OC(=O)c3ccccc3)CC2)c1. The first-order valence-electron chi connectivity index (χ1n) is 34.1. The number of alkyl halides is 4. The van der Waals surface area contributed by atoms with Crippen molar-refractivity contribution in [3.8, 4) is 0 Å². The van der Waals surface area contributed by atoms with Gasteiger partial charge in [-0.15, -0.1) is 0 Å². The fraction of sp³-hybridized carbons (Fsp3) is 0.474. The summed E-state index contributed by atoms with van der Waals surface area (Å²) < 4.78 is 68.7. The maximum atomic E-state index is 12.9. The molecule has 6 aliphatic rings. The monoisotopic (exact) mass is 1360 g/mol. The van der Waals surface area contributed by atoms with Crippen LogP contribution in [0.25, 0.3) is 0 Å². The van der Waals surface area contributed by atoms with Gasteiger partial charge in [-0.2, -0.15) is 13.2 Å². The Labute approximate surface area is 574 Å². The van der Waals surface area contributed by atoms with Crippen LogP contribution in [0, 0.1) is 46.3 Å². The predicted octanol–water partition coefficient (Wildman–Crippen LogP) is 16.9. The zero-order valence-electron chi connectivity index (χ0n) is 57.8. The van der Waals surface area contributed by atoms with Gasteiger partial charge in [0.2, 0.25) is 0 Å². The number of anilines is 6. The van der Waals surface area contributed by atoms with E-state index in [0.717, 1.165) is 24.7 Å². The first-order valence-corrected chi connectivity index (χ1v) is 34.1. The number of hydrogen-bond donors (Lipinski definition) is 6. The average molecular weight is 1360 g/mol. The molecule has 20 heteroatoms. The number of esters is 5. The third-order valence-electron chi connectivity index (χ3n) is 20.0. The van der Waals surface area contributed by atoms with E-state index in [1.54, 1.807) is 109 Å². The molecule has 8 unspecified atom stereocenters. The highest BCUT2D eigenvalue weighted by Gasteiger charge is 2.61. The zero-order valence-corrected chi connectivity index (χ0v) is 57.8. The van der Waals surface area contributed by atoms with E-state index in [9.17, 15) is 41.5 Å². The summed E-state index contributed by atoms with van der Waals surface area (Å²) in [4.78, 5) is 61.6. The molecule has 0 radical (unpaired) electrons. The van der Waals surface area contributed by atoms with Crippen molar-refractivity contribution in [3.63, 3.8) is 0 Å². The Hall–Kier alpha value is -8.81. The largest absolute Gasteiger partial charge is 0.459 e. The molecule has 5 fully saturated rings. The Morgan fingerprint density at radius 3 is 1.21 bits per heavy atom. The number of nitrogens with two attached hydrogens (primary N) is 6. The molecule has 11 rings (SSSR count). The third-order valence-corrected chi connectivity index (χ3v) is 20.0. The number of rotatable bonds is 14. The summed E-state index contributed by atoms with van der Waals surface area (Å²) in [5.74, 6) is 1.91. The predicted molar refractivity (Wildman–Crippen MR) is 378 cm³/mol. The number of carbonyl (C=O) groups is 5. The van der Waals surface area contributed by atoms with Crippen LogP contribution < -0.4 is 34.4 Å². The van der Waals surface area contributed by atoms with Gasteiger partial charge in [-0.3, -0.25) is 4.39 Å². The second-order valence-corrected chi connectivity index (χ2v) is 27.9. The molecule has 0 saturated heterocycles. The molecule has 0 spiro atoms. The van der Waals surface area contributed by atoms with Crippen molar-refractivity contribution < 1.29 is 65.2 Å². The van der Waals surface area contributed by atoms with Crippen molar-refractivity contribution in [3.05, 3.63) is 179 Å². The van der Waals surface area contributed by atoms with Crippen molar-refractivity contribution in [2.75, 3.05) is 41.6 Å². The van der Waals surface area contributed by atoms with E-state index in [1.807, 2.05) is 12.1 Å². The van der Waals surface area contributed by atoms with Crippen molar-refractivity contribution in [2.45, 2.75) is 181 Å². The second kappa shape index (κ2) is 34.6. The number of ether oxygens (including phenoxy) is 5. The van der Waals surface area contributed by atoms with E-state index in [0.29, 0.717) is 150 Å². The quantitative estimate of drug-likeness (QED) is 0.0198. The molecule has 6 aliphatic carbocycles. The Morgan fingerprint density at radius 1 is 0.510 bits per heavy atom. The number of allylic oxidation sites excluding steroid dienone is 5. The van der Waals surface area contributed by atoms with Gasteiger partial charge in [0.1, 0.15) is 30.5 Å². The highest BCUT2D eigenvalue weighted by atomic mass is 19.4. The van der Waals surface area contributed by atoms with Gasteiger partial charge >= 0.3 is 36.0 Å². The maximum absolute atomic E-state index is 12.9. The third kappa shape index (κ3) is 21.1. The van der Waals surface area contributed by atoms with Crippen LogP contribution in [0.4, 0.5) is 51.7 Å². The normalized spacial score (nSPS) is 25.6. The Bertz CT molecular complexity index is 3400. The first-order chi connectivity index (χ1) is 46.4. The van der Waals surface area contributed by atoms with Gasteiger partial charge in [-0.05, 0) is 215 Å². The summed E-state index contributed by atoms with van der Waals surface area (Å²) in [5, 5.41) is 0. The minimum absolute atomic E-state index is 0.105. The second-order valence-electron chi connectivity index (χ2n) is 27.9. The number of halogens is 4. The minimum atomic E-state index is -4.00. The summed E-state index contributed by atoms with van der Waals surface area (Å²) in [6.45, 7) is 14.8. The summed E-state index contributed by atoms with van der Waals surface area (Å²) in [7, 11) is 0.500. The van der Waals surface area contributed by atoms with Gasteiger partial charge in [-0.25, -0.2) is 24.0 Å². The molecule has 5 saturated carbocycles. The molecule has 0 heterocycles. The lowest BCUT2D eigenvalue weighted by atomic mass is 9.47. The van der Waals surface area contributed by atoms with Crippen molar-refractivity contribution in [2.24, 2.45) is 46.3 Å².